The Morgan fingerprint density at radius 3 is 2.94 bits per heavy atom. The maximum atomic E-state index is 6.13. The van der Waals surface area contributed by atoms with Gasteiger partial charge in [0.25, 0.3) is 0 Å². The van der Waals surface area contributed by atoms with Crippen molar-refractivity contribution < 1.29 is 4.52 Å². The number of benzene rings is 1. The summed E-state index contributed by atoms with van der Waals surface area (Å²) >= 11 is 7.71. The van der Waals surface area contributed by atoms with Crippen LogP contribution >= 0.6 is 23.4 Å². The summed E-state index contributed by atoms with van der Waals surface area (Å²) in [5, 5.41) is 4.47. The molecule has 1 aromatic heterocycles. The molecule has 84 valence electrons. The highest BCUT2D eigenvalue weighted by Gasteiger charge is 2.14. The Bertz CT molecular complexity index is 501. The van der Waals surface area contributed by atoms with E-state index < -0.39 is 0 Å². The van der Waals surface area contributed by atoms with Crippen LogP contribution < -0.4 is 5.73 Å². The Morgan fingerprint density at radius 2 is 2.31 bits per heavy atom. The third kappa shape index (κ3) is 2.07. The molecule has 0 amide bonds. The van der Waals surface area contributed by atoms with Crippen molar-refractivity contribution in [2.24, 2.45) is 5.73 Å². The quantitative estimate of drug-likeness (QED) is 0.854. The Balaban J connectivity index is 2.53. The molecule has 0 aliphatic rings. The van der Waals surface area contributed by atoms with Crippen molar-refractivity contribution >= 4 is 23.4 Å². The molecule has 2 rings (SSSR count). The molecule has 1 heterocycles. The molecule has 0 fully saturated rings. The molecule has 0 spiro atoms. The molecule has 2 N–H and O–H groups in total. The van der Waals surface area contributed by atoms with Crippen LogP contribution in [0, 0.1) is 0 Å². The number of nitrogens with zero attached hydrogens (tertiary/aromatic N) is 2. The van der Waals surface area contributed by atoms with Crippen LogP contribution in [0.25, 0.3) is 11.4 Å². The SMILES string of the molecule is CSc1cccc(Cl)c1-c1noc(CN)n1. The van der Waals surface area contributed by atoms with E-state index >= 15 is 0 Å². The van der Waals surface area contributed by atoms with Crippen LogP contribution in [0.4, 0.5) is 0 Å². The second-order valence-corrected chi connectivity index (χ2v) is 4.29. The van der Waals surface area contributed by atoms with Crippen LogP contribution in [0.2, 0.25) is 5.02 Å². The van der Waals surface area contributed by atoms with E-state index in [9.17, 15) is 0 Å². The van der Waals surface area contributed by atoms with Crippen LogP contribution in [-0.4, -0.2) is 16.4 Å². The number of halogens is 1. The molecule has 0 saturated carbocycles. The first-order chi connectivity index (χ1) is 7.76. The highest BCUT2D eigenvalue weighted by Crippen LogP contribution is 2.34. The zero-order valence-corrected chi connectivity index (χ0v) is 10.2. The van der Waals surface area contributed by atoms with Gasteiger partial charge in [-0.25, -0.2) is 0 Å². The van der Waals surface area contributed by atoms with Gasteiger partial charge in [-0.15, -0.1) is 11.8 Å². The van der Waals surface area contributed by atoms with Gasteiger partial charge in [0, 0.05) is 4.90 Å². The Hall–Kier alpha value is -1.04. The van der Waals surface area contributed by atoms with Gasteiger partial charge in [0.05, 0.1) is 17.1 Å². The molecule has 16 heavy (non-hydrogen) atoms. The summed E-state index contributed by atoms with van der Waals surface area (Å²) in [5.41, 5.74) is 6.21. The lowest BCUT2D eigenvalue weighted by atomic mass is 10.2. The second kappa shape index (κ2) is 4.86. The van der Waals surface area contributed by atoms with Crippen LogP contribution in [0.3, 0.4) is 0 Å². The molecule has 0 aliphatic carbocycles. The smallest absolute Gasteiger partial charge is 0.240 e. The minimum Gasteiger partial charge on any atom is -0.338 e. The maximum Gasteiger partial charge on any atom is 0.240 e. The van der Waals surface area contributed by atoms with Gasteiger partial charge in [-0.2, -0.15) is 4.98 Å². The summed E-state index contributed by atoms with van der Waals surface area (Å²) in [7, 11) is 0. The molecular formula is C10H10ClN3OS. The average Bonchev–Trinajstić information content (AvgIpc) is 2.76. The van der Waals surface area contributed by atoms with Crippen LogP contribution in [-0.2, 0) is 6.54 Å². The van der Waals surface area contributed by atoms with Crippen molar-refractivity contribution in [2.45, 2.75) is 11.4 Å². The summed E-state index contributed by atoms with van der Waals surface area (Å²) in [6, 6.07) is 5.65. The summed E-state index contributed by atoms with van der Waals surface area (Å²) in [6.07, 6.45) is 1.97. The molecule has 0 atom stereocenters. The average molecular weight is 256 g/mol. The molecule has 1 aromatic carbocycles. The van der Waals surface area contributed by atoms with E-state index in [1.54, 1.807) is 17.8 Å². The first-order valence-electron chi connectivity index (χ1n) is 4.61. The molecule has 2 aromatic rings. The fourth-order valence-corrected chi connectivity index (χ4v) is 2.27. The van der Waals surface area contributed by atoms with Gasteiger partial charge in [0.1, 0.15) is 0 Å². The Morgan fingerprint density at radius 1 is 1.50 bits per heavy atom. The zero-order valence-electron chi connectivity index (χ0n) is 8.61. The minimum atomic E-state index is 0.228. The number of thioether (sulfide) groups is 1. The third-order valence-corrected chi connectivity index (χ3v) is 3.16. The van der Waals surface area contributed by atoms with E-state index in [0.29, 0.717) is 16.7 Å². The number of hydrogen-bond acceptors (Lipinski definition) is 5. The molecule has 4 nitrogen and oxygen atoms in total. The van der Waals surface area contributed by atoms with Crippen molar-refractivity contribution in [3.63, 3.8) is 0 Å². The standard InChI is InChI=1S/C10H10ClN3OS/c1-16-7-4-2-3-6(11)9(7)10-13-8(5-12)15-14-10/h2-4H,5,12H2,1H3. The van der Waals surface area contributed by atoms with Gasteiger partial charge in [-0.1, -0.05) is 22.8 Å². The predicted octanol–water partition coefficient (Wildman–Crippen LogP) is 2.57. The van der Waals surface area contributed by atoms with Gasteiger partial charge in [0.15, 0.2) is 0 Å². The molecule has 0 saturated heterocycles. The van der Waals surface area contributed by atoms with Gasteiger partial charge in [-0.05, 0) is 18.4 Å². The molecule has 0 bridgehead atoms. The number of nitrogens with two attached hydrogens (primary N) is 1. The first kappa shape index (κ1) is 11.4. The van der Waals surface area contributed by atoms with E-state index in [1.807, 2.05) is 18.4 Å². The van der Waals surface area contributed by atoms with Crippen molar-refractivity contribution in [1.29, 1.82) is 0 Å². The number of aromatic nitrogens is 2. The van der Waals surface area contributed by atoms with Gasteiger partial charge in [0.2, 0.25) is 11.7 Å². The Labute approximate surface area is 102 Å². The fraction of sp³-hybridized carbons (Fsp3) is 0.200. The van der Waals surface area contributed by atoms with E-state index in [2.05, 4.69) is 10.1 Å². The molecule has 6 heteroatoms. The highest BCUT2D eigenvalue weighted by atomic mass is 35.5. The molecule has 0 aliphatic heterocycles. The normalized spacial score (nSPS) is 10.7. The van der Waals surface area contributed by atoms with E-state index in [1.165, 1.54) is 0 Å². The first-order valence-corrected chi connectivity index (χ1v) is 6.22. The monoisotopic (exact) mass is 255 g/mol. The summed E-state index contributed by atoms with van der Waals surface area (Å²) in [4.78, 5) is 5.18. The molecular weight excluding hydrogens is 246 g/mol. The van der Waals surface area contributed by atoms with E-state index in [0.717, 1.165) is 10.5 Å². The van der Waals surface area contributed by atoms with Crippen LogP contribution in [0.5, 0.6) is 0 Å². The summed E-state index contributed by atoms with van der Waals surface area (Å²) in [5.74, 6) is 0.886. The summed E-state index contributed by atoms with van der Waals surface area (Å²) < 4.78 is 4.97. The summed E-state index contributed by atoms with van der Waals surface area (Å²) in [6.45, 7) is 0.228. The third-order valence-electron chi connectivity index (χ3n) is 2.06. The van der Waals surface area contributed by atoms with Crippen molar-refractivity contribution in [3.8, 4) is 11.4 Å². The zero-order chi connectivity index (χ0) is 11.5. The van der Waals surface area contributed by atoms with Gasteiger partial charge >= 0.3 is 0 Å². The van der Waals surface area contributed by atoms with Crippen LogP contribution in [0.15, 0.2) is 27.6 Å². The van der Waals surface area contributed by atoms with Crippen molar-refractivity contribution in [3.05, 3.63) is 29.1 Å². The lowest BCUT2D eigenvalue weighted by Gasteiger charge is -2.04. The maximum absolute atomic E-state index is 6.13. The topological polar surface area (TPSA) is 64.9 Å². The van der Waals surface area contributed by atoms with E-state index in [-0.39, 0.29) is 6.54 Å². The highest BCUT2D eigenvalue weighted by molar-refractivity contribution is 7.98. The van der Waals surface area contributed by atoms with Crippen molar-refractivity contribution in [1.82, 2.24) is 10.1 Å². The van der Waals surface area contributed by atoms with Crippen LogP contribution in [0.1, 0.15) is 5.89 Å². The largest absolute Gasteiger partial charge is 0.338 e. The molecule has 0 unspecified atom stereocenters. The minimum absolute atomic E-state index is 0.228. The van der Waals surface area contributed by atoms with E-state index in [4.69, 9.17) is 21.9 Å². The van der Waals surface area contributed by atoms with Crippen molar-refractivity contribution in [2.75, 3.05) is 6.26 Å². The number of hydrogen-bond donors (Lipinski definition) is 1. The predicted molar refractivity (Wildman–Crippen MR) is 64.4 cm³/mol. The Kier molecular flexibility index (Phi) is 3.48. The van der Waals surface area contributed by atoms with Gasteiger partial charge in [-0.3, -0.25) is 0 Å². The second-order valence-electron chi connectivity index (χ2n) is 3.03. The lowest BCUT2D eigenvalue weighted by Crippen LogP contribution is -1.95. The number of rotatable bonds is 3. The lowest BCUT2D eigenvalue weighted by molar-refractivity contribution is 0.380. The molecule has 0 radical (unpaired) electrons. The fourth-order valence-electron chi connectivity index (χ4n) is 1.33. The van der Waals surface area contributed by atoms with Gasteiger partial charge < -0.3 is 10.3 Å².